The number of hydrogen-bond acceptors (Lipinski definition) is 6. The van der Waals surface area contributed by atoms with Gasteiger partial charge in [0.2, 0.25) is 5.91 Å². The van der Waals surface area contributed by atoms with Crippen molar-refractivity contribution >= 4 is 46.8 Å². The summed E-state index contributed by atoms with van der Waals surface area (Å²) >= 11 is 7.93. The number of para-hydroxylation sites is 1. The number of thioether (sulfide) groups is 1. The number of hydrogen-bond donors (Lipinski definition) is 1. The number of carbonyl (C=O) groups excluding carboxylic acids is 3. The van der Waals surface area contributed by atoms with E-state index in [2.05, 4.69) is 0 Å². The van der Waals surface area contributed by atoms with E-state index >= 15 is 0 Å². The lowest BCUT2D eigenvalue weighted by molar-refractivity contribution is -0.153. The van der Waals surface area contributed by atoms with Crippen LogP contribution in [0.25, 0.3) is 0 Å². The molecule has 1 aromatic carbocycles. The van der Waals surface area contributed by atoms with Crippen LogP contribution in [-0.2, 0) is 19.1 Å². The molecular formula is C24H25ClN2O5S. The standard InChI is InChI=1S/C24H25ClN2O5S/c25-15-7-1-2-8-16(15)26-11-5-10-24-19(18-17(33-24)9-3-4-14-32-23(18)31)21(29)27(12-6-13-28)20(24)22(26)30/h1-3,5,7-10,17-20,28H,4,6,11-14H2/t17-,18+,19-,20?,24-/m0/s1. The molecule has 4 heterocycles. The topological polar surface area (TPSA) is 87.2 Å². The quantitative estimate of drug-likeness (QED) is 0.517. The predicted molar refractivity (Wildman–Crippen MR) is 126 cm³/mol. The van der Waals surface area contributed by atoms with Gasteiger partial charge in [-0.2, -0.15) is 0 Å². The molecule has 0 saturated carbocycles. The van der Waals surface area contributed by atoms with Crippen LogP contribution in [-0.4, -0.2) is 70.1 Å². The smallest absolute Gasteiger partial charge is 0.311 e. The maximum absolute atomic E-state index is 14.1. The predicted octanol–water partition coefficient (Wildman–Crippen LogP) is 2.43. The lowest BCUT2D eigenvalue weighted by Crippen LogP contribution is -2.53. The van der Waals surface area contributed by atoms with E-state index in [4.69, 9.17) is 16.3 Å². The lowest BCUT2D eigenvalue weighted by Gasteiger charge is -2.35. The Morgan fingerprint density at radius 1 is 1.18 bits per heavy atom. The Labute approximate surface area is 201 Å². The van der Waals surface area contributed by atoms with E-state index in [1.807, 2.05) is 30.4 Å². The van der Waals surface area contributed by atoms with Crippen molar-refractivity contribution in [1.82, 2.24) is 4.90 Å². The van der Waals surface area contributed by atoms with Gasteiger partial charge in [-0.1, -0.05) is 48.0 Å². The second-order valence-electron chi connectivity index (χ2n) is 8.64. The molecule has 0 aliphatic carbocycles. The maximum atomic E-state index is 14.1. The number of aliphatic hydroxyl groups excluding tert-OH is 1. The fraction of sp³-hybridized carbons (Fsp3) is 0.458. The van der Waals surface area contributed by atoms with Crippen molar-refractivity contribution < 1.29 is 24.2 Å². The van der Waals surface area contributed by atoms with Gasteiger partial charge in [0.15, 0.2) is 0 Å². The molecule has 4 aliphatic rings. The molecule has 2 amide bonds. The van der Waals surface area contributed by atoms with E-state index < -0.39 is 22.6 Å². The van der Waals surface area contributed by atoms with Crippen molar-refractivity contribution in [1.29, 1.82) is 0 Å². The van der Waals surface area contributed by atoms with Gasteiger partial charge in [0, 0.05) is 24.9 Å². The minimum absolute atomic E-state index is 0.101. The maximum Gasteiger partial charge on any atom is 0.311 e. The van der Waals surface area contributed by atoms with Crippen LogP contribution in [0.4, 0.5) is 5.69 Å². The summed E-state index contributed by atoms with van der Waals surface area (Å²) in [5.74, 6) is -2.23. The van der Waals surface area contributed by atoms with Crippen LogP contribution in [0.1, 0.15) is 12.8 Å². The van der Waals surface area contributed by atoms with E-state index in [9.17, 15) is 19.5 Å². The molecule has 0 aromatic heterocycles. The van der Waals surface area contributed by atoms with E-state index in [1.165, 1.54) is 11.8 Å². The first kappa shape index (κ1) is 22.5. The largest absolute Gasteiger partial charge is 0.465 e. The van der Waals surface area contributed by atoms with Gasteiger partial charge >= 0.3 is 5.97 Å². The van der Waals surface area contributed by atoms with Gasteiger partial charge in [-0.15, -0.1) is 11.8 Å². The third-order valence-electron chi connectivity index (χ3n) is 6.82. The molecule has 33 heavy (non-hydrogen) atoms. The minimum atomic E-state index is -0.900. The zero-order valence-corrected chi connectivity index (χ0v) is 19.5. The molecule has 1 N–H and O–H groups in total. The fourth-order valence-electron chi connectivity index (χ4n) is 5.47. The SMILES string of the molecule is O=C1OCCC=C[C@@H]2S[C@]34C=CCN(c5ccccc5Cl)C(=O)C3N(CCCO)C(=O)[C@@H]4[C@H]12. The molecule has 5 atom stereocenters. The third-order valence-corrected chi connectivity index (χ3v) is 8.88. The Hall–Kier alpha value is -2.29. The number of carbonyl (C=O) groups is 3. The van der Waals surface area contributed by atoms with Gasteiger partial charge in [0.25, 0.3) is 5.91 Å². The zero-order valence-electron chi connectivity index (χ0n) is 17.9. The third kappa shape index (κ3) is 3.50. The molecule has 0 radical (unpaired) electrons. The van der Waals surface area contributed by atoms with Crippen LogP contribution >= 0.6 is 23.4 Å². The molecule has 2 fully saturated rings. The van der Waals surface area contributed by atoms with Gasteiger partial charge in [0.1, 0.15) is 6.04 Å². The highest BCUT2D eigenvalue weighted by Crippen LogP contribution is 2.61. The summed E-state index contributed by atoms with van der Waals surface area (Å²) in [6.07, 6.45) is 8.79. The summed E-state index contributed by atoms with van der Waals surface area (Å²) in [6, 6.07) is 6.32. The van der Waals surface area contributed by atoms with Gasteiger partial charge in [0.05, 0.1) is 33.9 Å². The van der Waals surface area contributed by atoms with E-state index in [0.717, 1.165) is 0 Å². The molecule has 1 spiro atoms. The van der Waals surface area contributed by atoms with Crippen molar-refractivity contribution in [3.8, 4) is 0 Å². The van der Waals surface area contributed by atoms with Crippen molar-refractivity contribution in [2.75, 3.05) is 31.2 Å². The normalized spacial score (nSPS) is 33.2. The Morgan fingerprint density at radius 3 is 2.79 bits per heavy atom. The van der Waals surface area contributed by atoms with Crippen LogP contribution < -0.4 is 4.90 Å². The highest BCUT2D eigenvalue weighted by molar-refractivity contribution is 8.02. The van der Waals surface area contributed by atoms with Crippen LogP contribution in [0.3, 0.4) is 0 Å². The second-order valence-corrected chi connectivity index (χ2v) is 10.5. The average molecular weight is 489 g/mol. The molecule has 5 rings (SSSR count). The lowest BCUT2D eigenvalue weighted by atomic mass is 9.78. The molecule has 4 aliphatic heterocycles. The number of halogens is 1. The van der Waals surface area contributed by atoms with E-state index in [1.54, 1.807) is 28.0 Å². The van der Waals surface area contributed by atoms with Crippen LogP contribution in [0.2, 0.25) is 5.02 Å². The summed E-state index contributed by atoms with van der Waals surface area (Å²) in [4.78, 5) is 44.0. The number of rotatable bonds is 4. The summed E-state index contributed by atoms with van der Waals surface area (Å²) in [6.45, 7) is 0.725. The van der Waals surface area contributed by atoms with E-state index in [0.29, 0.717) is 30.1 Å². The first-order valence-electron chi connectivity index (χ1n) is 11.2. The summed E-state index contributed by atoms with van der Waals surface area (Å²) < 4.78 is 4.56. The number of benzene rings is 1. The second kappa shape index (κ2) is 8.81. The molecule has 9 heteroatoms. The highest BCUT2D eigenvalue weighted by Gasteiger charge is 2.70. The molecular weight excluding hydrogens is 464 g/mol. The number of likely N-dealkylation sites (tertiary alicyclic amines) is 1. The zero-order chi connectivity index (χ0) is 23.2. The Bertz CT molecular complexity index is 1050. The molecule has 2 saturated heterocycles. The number of cyclic esters (lactones) is 1. The number of nitrogens with zero attached hydrogens (tertiary/aromatic N) is 2. The number of fused-ring (bicyclic) bond motifs is 2. The van der Waals surface area contributed by atoms with Gasteiger partial charge in [-0.25, -0.2) is 0 Å². The number of amides is 2. The average Bonchev–Trinajstić information content (AvgIpc) is 3.17. The summed E-state index contributed by atoms with van der Waals surface area (Å²) in [5.41, 5.74) is 0.581. The summed E-state index contributed by atoms with van der Waals surface area (Å²) in [7, 11) is 0. The molecule has 1 unspecified atom stereocenters. The first-order valence-corrected chi connectivity index (χ1v) is 12.4. The van der Waals surface area contributed by atoms with Crippen LogP contribution in [0.5, 0.6) is 0 Å². The monoisotopic (exact) mass is 488 g/mol. The fourth-order valence-corrected chi connectivity index (χ4v) is 7.71. The van der Waals surface area contributed by atoms with Crippen molar-refractivity contribution in [2.24, 2.45) is 11.8 Å². The Kier molecular flexibility index (Phi) is 6.01. The number of anilines is 1. The van der Waals surface area contributed by atoms with Gasteiger partial charge in [-0.3, -0.25) is 14.4 Å². The number of aliphatic hydroxyl groups is 1. The van der Waals surface area contributed by atoms with Crippen LogP contribution in [0, 0.1) is 11.8 Å². The van der Waals surface area contributed by atoms with Gasteiger partial charge < -0.3 is 19.6 Å². The van der Waals surface area contributed by atoms with Crippen molar-refractivity contribution in [3.63, 3.8) is 0 Å². The molecule has 0 bridgehead atoms. The molecule has 174 valence electrons. The highest BCUT2D eigenvalue weighted by atomic mass is 35.5. The van der Waals surface area contributed by atoms with E-state index in [-0.39, 0.29) is 42.8 Å². The number of ether oxygens (including phenoxy) is 1. The van der Waals surface area contributed by atoms with Crippen LogP contribution in [0.15, 0.2) is 48.6 Å². The molecule has 1 aromatic rings. The Morgan fingerprint density at radius 2 is 2.00 bits per heavy atom. The minimum Gasteiger partial charge on any atom is -0.465 e. The van der Waals surface area contributed by atoms with Gasteiger partial charge in [-0.05, 0) is 25.0 Å². The van der Waals surface area contributed by atoms with Crippen molar-refractivity contribution in [3.05, 3.63) is 53.6 Å². The first-order chi connectivity index (χ1) is 16.0. The number of esters is 1. The molecule has 7 nitrogen and oxygen atoms in total. The summed E-state index contributed by atoms with van der Waals surface area (Å²) in [5, 5.41) is 9.64. The van der Waals surface area contributed by atoms with Crippen molar-refractivity contribution in [2.45, 2.75) is 28.9 Å². The Balaban J connectivity index is 1.62.